The summed E-state index contributed by atoms with van der Waals surface area (Å²) in [5.74, 6) is -0.0571. The first-order valence-corrected chi connectivity index (χ1v) is 7.58. The van der Waals surface area contributed by atoms with Crippen LogP contribution < -0.4 is 5.32 Å². The minimum atomic E-state index is -0.0571. The van der Waals surface area contributed by atoms with Gasteiger partial charge >= 0.3 is 0 Å². The summed E-state index contributed by atoms with van der Waals surface area (Å²) >= 11 is 1.63. The van der Waals surface area contributed by atoms with Crippen LogP contribution in [0.5, 0.6) is 0 Å². The van der Waals surface area contributed by atoms with Crippen molar-refractivity contribution in [1.82, 2.24) is 5.32 Å². The van der Waals surface area contributed by atoms with Crippen LogP contribution in [0.3, 0.4) is 0 Å². The summed E-state index contributed by atoms with van der Waals surface area (Å²) in [6.07, 6.45) is 0. The summed E-state index contributed by atoms with van der Waals surface area (Å²) in [5, 5.41) is 5.11. The molecule has 0 fully saturated rings. The molecule has 2 nitrogen and oxygen atoms in total. The molecule has 1 amide bonds. The van der Waals surface area contributed by atoms with Gasteiger partial charge in [-0.2, -0.15) is 0 Å². The van der Waals surface area contributed by atoms with Crippen molar-refractivity contribution in [2.24, 2.45) is 0 Å². The molecule has 0 bridgehead atoms. The molecule has 0 saturated heterocycles. The van der Waals surface area contributed by atoms with E-state index in [0.717, 1.165) is 9.79 Å². The Hall–Kier alpha value is -2.26. The fraction of sp³-hybridized carbons (Fsp3) is 0.0556. The van der Waals surface area contributed by atoms with Gasteiger partial charge in [0.25, 0.3) is 5.91 Å². The zero-order chi connectivity index (χ0) is 14.7. The summed E-state index contributed by atoms with van der Waals surface area (Å²) in [5.41, 5.74) is 0.706. The largest absolute Gasteiger partial charge is 0.355 e. The summed E-state index contributed by atoms with van der Waals surface area (Å²) in [4.78, 5) is 14.1. The van der Waals surface area contributed by atoms with Gasteiger partial charge in [0.2, 0.25) is 0 Å². The molecule has 3 aromatic rings. The van der Waals surface area contributed by atoms with Crippen molar-refractivity contribution in [1.29, 1.82) is 0 Å². The normalized spacial score (nSPS) is 10.5. The van der Waals surface area contributed by atoms with Crippen LogP contribution in [0, 0.1) is 0 Å². The number of benzene rings is 3. The van der Waals surface area contributed by atoms with E-state index >= 15 is 0 Å². The molecule has 0 atom stereocenters. The van der Waals surface area contributed by atoms with E-state index in [0.29, 0.717) is 5.56 Å². The maximum atomic E-state index is 12.0. The SMILES string of the molecule is CNC(=O)c1ccccc1Sc1cccc2ccccc12. The Kier molecular flexibility index (Phi) is 3.93. The van der Waals surface area contributed by atoms with Gasteiger partial charge in [0, 0.05) is 16.8 Å². The number of hydrogen-bond acceptors (Lipinski definition) is 2. The summed E-state index contributed by atoms with van der Waals surface area (Å²) in [6, 6.07) is 22.2. The fourth-order valence-corrected chi connectivity index (χ4v) is 3.38. The Morgan fingerprint density at radius 3 is 2.38 bits per heavy atom. The Morgan fingerprint density at radius 2 is 1.52 bits per heavy atom. The first-order chi connectivity index (χ1) is 10.3. The zero-order valence-corrected chi connectivity index (χ0v) is 12.5. The van der Waals surface area contributed by atoms with E-state index in [9.17, 15) is 4.79 Å². The molecule has 0 aromatic heterocycles. The number of hydrogen-bond donors (Lipinski definition) is 1. The number of amides is 1. The number of carbonyl (C=O) groups excluding carboxylic acids is 1. The fourth-order valence-electron chi connectivity index (χ4n) is 2.28. The van der Waals surface area contributed by atoms with Crippen molar-refractivity contribution in [2.75, 3.05) is 7.05 Å². The second-order valence-electron chi connectivity index (χ2n) is 4.65. The Balaban J connectivity index is 2.05. The lowest BCUT2D eigenvalue weighted by atomic mass is 10.1. The molecular formula is C18H15NOS. The molecule has 21 heavy (non-hydrogen) atoms. The smallest absolute Gasteiger partial charge is 0.252 e. The van der Waals surface area contributed by atoms with Crippen molar-refractivity contribution in [3.05, 3.63) is 72.3 Å². The van der Waals surface area contributed by atoms with Gasteiger partial charge in [0.1, 0.15) is 0 Å². The van der Waals surface area contributed by atoms with Crippen LogP contribution in [0.2, 0.25) is 0 Å². The molecule has 0 heterocycles. The molecule has 0 aliphatic heterocycles. The topological polar surface area (TPSA) is 29.1 Å². The molecule has 0 aliphatic carbocycles. The maximum Gasteiger partial charge on any atom is 0.252 e. The lowest BCUT2D eigenvalue weighted by molar-refractivity contribution is 0.0960. The van der Waals surface area contributed by atoms with Gasteiger partial charge in [-0.1, -0.05) is 60.3 Å². The van der Waals surface area contributed by atoms with Crippen LogP contribution in [-0.2, 0) is 0 Å². The summed E-state index contributed by atoms with van der Waals surface area (Å²) in [7, 11) is 1.65. The van der Waals surface area contributed by atoms with Crippen molar-refractivity contribution in [2.45, 2.75) is 9.79 Å². The van der Waals surface area contributed by atoms with Crippen LogP contribution in [0.4, 0.5) is 0 Å². The molecule has 0 saturated carbocycles. The van der Waals surface area contributed by atoms with E-state index in [1.54, 1.807) is 18.8 Å². The molecule has 3 heteroatoms. The minimum absolute atomic E-state index is 0.0571. The van der Waals surface area contributed by atoms with Crippen LogP contribution in [0.25, 0.3) is 10.8 Å². The third kappa shape index (κ3) is 2.78. The highest BCUT2D eigenvalue weighted by molar-refractivity contribution is 7.99. The predicted molar refractivity (Wildman–Crippen MR) is 87.9 cm³/mol. The molecule has 3 rings (SSSR count). The number of nitrogens with one attached hydrogen (secondary N) is 1. The Bertz CT molecular complexity index is 793. The van der Waals surface area contributed by atoms with Gasteiger partial charge in [0.05, 0.1) is 5.56 Å². The maximum absolute atomic E-state index is 12.0. The van der Waals surface area contributed by atoms with Crippen molar-refractivity contribution < 1.29 is 4.79 Å². The van der Waals surface area contributed by atoms with Crippen LogP contribution in [-0.4, -0.2) is 13.0 Å². The quantitative estimate of drug-likeness (QED) is 0.778. The van der Waals surface area contributed by atoms with Crippen molar-refractivity contribution >= 4 is 28.4 Å². The first kappa shape index (κ1) is 13.7. The number of carbonyl (C=O) groups is 1. The average molecular weight is 293 g/mol. The molecule has 0 unspecified atom stereocenters. The minimum Gasteiger partial charge on any atom is -0.355 e. The Morgan fingerprint density at radius 1 is 0.857 bits per heavy atom. The zero-order valence-electron chi connectivity index (χ0n) is 11.7. The lowest BCUT2D eigenvalue weighted by Crippen LogP contribution is -2.18. The summed E-state index contributed by atoms with van der Waals surface area (Å²) in [6.45, 7) is 0. The second kappa shape index (κ2) is 6.02. The number of rotatable bonds is 3. The third-order valence-corrected chi connectivity index (χ3v) is 4.48. The highest BCUT2D eigenvalue weighted by atomic mass is 32.2. The molecule has 0 aliphatic rings. The molecular weight excluding hydrogens is 278 g/mol. The molecule has 0 radical (unpaired) electrons. The molecule has 104 valence electrons. The average Bonchev–Trinajstić information content (AvgIpc) is 2.55. The van der Waals surface area contributed by atoms with Crippen molar-refractivity contribution in [3.8, 4) is 0 Å². The highest BCUT2D eigenvalue weighted by Gasteiger charge is 2.11. The standard InChI is InChI=1S/C18H15NOS/c1-19-18(20)15-10-4-5-11-17(15)21-16-12-6-8-13-7-2-3-9-14(13)16/h2-12H,1H3,(H,19,20). The second-order valence-corrected chi connectivity index (χ2v) is 5.74. The number of fused-ring (bicyclic) bond motifs is 1. The molecule has 0 spiro atoms. The van der Waals surface area contributed by atoms with E-state index in [-0.39, 0.29) is 5.91 Å². The monoisotopic (exact) mass is 293 g/mol. The first-order valence-electron chi connectivity index (χ1n) is 6.76. The van der Waals surface area contributed by atoms with E-state index in [1.165, 1.54) is 10.8 Å². The van der Waals surface area contributed by atoms with E-state index < -0.39 is 0 Å². The van der Waals surface area contributed by atoms with E-state index in [1.807, 2.05) is 42.5 Å². The van der Waals surface area contributed by atoms with E-state index in [4.69, 9.17) is 0 Å². The lowest BCUT2D eigenvalue weighted by Gasteiger charge is -2.10. The predicted octanol–water partition coefficient (Wildman–Crippen LogP) is 4.35. The third-order valence-electron chi connectivity index (χ3n) is 3.33. The highest BCUT2D eigenvalue weighted by Crippen LogP contribution is 2.35. The van der Waals surface area contributed by atoms with Gasteiger partial charge < -0.3 is 5.32 Å². The van der Waals surface area contributed by atoms with Crippen LogP contribution in [0.1, 0.15) is 10.4 Å². The van der Waals surface area contributed by atoms with Gasteiger partial charge in [-0.25, -0.2) is 0 Å². The van der Waals surface area contributed by atoms with Crippen LogP contribution >= 0.6 is 11.8 Å². The van der Waals surface area contributed by atoms with Crippen LogP contribution in [0.15, 0.2) is 76.5 Å². The van der Waals surface area contributed by atoms with Gasteiger partial charge in [-0.05, 0) is 29.0 Å². The molecule has 3 aromatic carbocycles. The summed E-state index contributed by atoms with van der Waals surface area (Å²) < 4.78 is 0. The Labute approximate surface area is 128 Å². The van der Waals surface area contributed by atoms with E-state index in [2.05, 4.69) is 29.6 Å². The van der Waals surface area contributed by atoms with Gasteiger partial charge in [0.15, 0.2) is 0 Å². The van der Waals surface area contributed by atoms with Gasteiger partial charge in [-0.15, -0.1) is 0 Å². The molecule has 1 N–H and O–H groups in total. The van der Waals surface area contributed by atoms with Gasteiger partial charge in [-0.3, -0.25) is 4.79 Å². The van der Waals surface area contributed by atoms with Crippen molar-refractivity contribution in [3.63, 3.8) is 0 Å².